The summed E-state index contributed by atoms with van der Waals surface area (Å²) in [6, 6.07) is 84.8. The summed E-state index contributed by atoms with van der Waals surface area (Å²) in [5, 5.41) is 16.0. The molecule has 0 saturated carbocycles. The minimum Gasteiger partial charge on any atom is -0.618 e. The van der Waals surface area contributed by atoms with Crippen molar-refractivity contribution in [1.29, 1.82) is 0 Å². The predicted molar refractivity (Wildman–Crippen MR) is 620 cm³/mol. The van der Waals surface area contributed by atoms with Gasteiger partial charge in [-0.15, -0.1) is 11.3 Å². The zero-order valence-corrected chi connectivity index (χ0v) is 95.9. The molecule has 0 amide bonds. The van der Waals surface area contributed by atoms with Crippen molar-refractivity contribution in [1.82, 2.24) is 86.4 Å². The molecule has 20 nitrogen and oxygen atoms in total. The molecule has 0 radical (unpaired) electrons. The number of halogens is 8. The van der Waals surface area contributed by atoms with Crippen LogP contribution in [0.3, 0.4) is 0 Å². The van der Waals surface area contributed by atoms with Gasteiger partial charge in [0.15, 0.2) is 38.6 Å². The van der Waals surface area contributed by atoms with E-state index < -0.39 is 36.0 Å². The summed E-state index contributed by atoms with van der Waals surface area (Å²) < 4.78 is 120. The van der Waals surface area contributed by atoms with Gasteiger partial charge in [0.05, 0.1) is 88.3 Å². The summed E-state index contributed by atoms with van der Waals surface area (Å²) in [6.45, 7) is 64.4. The van der Waals surface area contributed by atoms with E-state index in [1.807, 2.05) is 238 Å². The van der Waals surface area contributed by atoms with Gasteiger partial charge >= 0.3 is 18.3 Å². The van der Waals surface area contributed by atoms with E-state index in [9.17, 15) is 40.3 Å². The Morgan fingerprint density at radius 3 is 1.00 bits per heavy atom. The first-order valence-corrected chi connectivity index (χ1v) is 54.6. The molecule has 11 heterocycles. The van der Waals surface area contributed by atoms with Crippen LogP contribution in [0, 0.1) is 9.98 Å². The highest BCUT2D eigenvalue weighted by Gasteiger charge is 2.62. The number of aromatic amines is 1. The number of fused-ring (bicyclic) bond motifs is 8. The third-order valence-corrected chi connectivity index (χ3v) is 23.3. The van der Waals surface area contributed by atoms with Gasteiger partial charge in [-0.2, -0.15) is 39.9 Å². The second-order valence-corrected chi connectivity index (χ2v) is 35.7. The number of thiazole rings is 1. The number of H-pyrrole nitrogens is 1. The van der Waals surface area contributed by atoms with Crippen LogP contribution in [0.4, 0.5) is 35.1 Å². The lowest BCUT2D eigenvalue weighted by atomic mass is 10.2. The number of thioether (sulfide) groups is 1. The number of alkyl halides is 8. The van der Waals surface area contributed by atoms with E-state index in [1.54, 1.807) is 85.6 Å². The Hall–Kier alpha value is -13.5. The smallest absolute Gasteiger partial charge is 0.461 e. The van der Waals surface area contributed by atoms with Crippen LogP contribution in [0.1, 0.15) is 282 Å². The maximum Gasteiger partial charge on any atom is 0.461 e. The second kappa shape index (κ2) is 62.2. The van der Waals surface area contributed by atoms with Gasteiger partial charge in [-0.3, -0.25) is 4.98 Å². The predicted octanol–water partition coefficient (Wildman–Crippen LogP) is 37.4. The molecule has 806 valence electrons. The molecule has 20 aromatic rings. The fourth-order valence-corrected chi connectivity index (χ4v) is 17.7. The minimum atomic E-state index is -5.67. The molecule has 0 bridgehead atoms. The maximum atomic E-state index is 13.5. The third kappa shape index (κ3) is 31.6. The molecule has 9 aromatic carbocycles. The lowest BCUT2D eigenvalue weighted by molar-refractivity contribution is -0.594. The number of rotatable bonds is 14. The summed E-state index contributed by atoms with van der Waals surface area (Å²) in [5.41, 5.74) is 17.2. The van der Waals surface area contributed by atoms with Crippen molar-refractivity contribution in [2.45, 2.75) is 293 Å². The van der Waals surface area contributed by atoms with Crippen molar-refractivity contribution < 1.29 is 39.9 Å². The molecule has 0 aliphatic carbocycles. The molecular formula is C119H155F8N19OS3. The van der Waals surface area contributed by atoms with E-state index in [-0.39, 0.29) is 23.1 Å². The van der Waals surface area contributed by atoms with E-state index in [0.717, 1.165) is 91.5 Å². The SMILES string of the molecule is CC.CC.CC.CC.CC.CC.CC.CC.CC(C)n1c(-c2cccc[n+]2[O-])nc2ccccc21.CC(C)n1c(-c2ccccc2)nc2ccccc21.CC(C)n1c(-c2ccccn2)nc2ccccc21.CC(C)n1c(-c2nccs2)nc2ccccc21.CC(C)n1c(=S)[nH]c2ccccc21.CC(C)n1c(C(F)(F)C(F)(F)F)nc2ccccc21.CC(C)n1c(C(F)(F)F)nc2ccccc21.CSc1nc2ccccc2n1C(C)C. The van der Waals surface area contributed by atoms with Gasteiger partial charge in [0.25, 0.3) is 5.69 Å². The van der Waals surface area contributed by atoms with Gasteiger partial charge in [0.2, 0.25) is 11.6 Å². The molecule has 0 unspecified atom stereocenters. The summed E-state index contributed by atoms with van der Waals surface area (Å²) in [7, 11) is 0. The molecule has 150 heavy (non-hydrogen) atoms. The van der Waals surface area contributed by atoms with E-state index >= 15 is 0 Å². The van der Waals surface area contributed by atoms with Gasteiger partial charge in [0.1, 0.15) is 11.5 Å². The lowest BCUT2D eigenvalue weighted by Gasteiger charge is -2.22. The van der Waals surface area contributed by atoms with Crippen LogP contribution >= 0.6 is 35.3 Å². The number of nitrogens with zero attached hydrogens (tertiary/aromatic N) is 18. The topological polar surface area (TPSA) is 198 Å². The van der Waals surface area contributed by atoms with Crippen molar-refractivity contribution in [3.05, 3.63) is 306 Å². The summed E-state index contributed by atoms with van der Waals surface area (Å²) in [6.07, 6.45) is -2.88. The maximum absolute atomic E-state index is 13.5. The number of nitrogens with one attached hydrogen (secondary N) is 1. The van der Waals surface area contributed by atoms with Crippen molar-refractivity contribution in [2.24, 2.45) is 0 Å². The third-order valence-electron chi connectivity index (χ3n) is 21.6. The van der Waals surface area contributed by atoms with Crippen molar-refractivity contribution in [3.8, 4) is 45.3 Å². The number of benzene rings is 9. The Labute approximate surface area is 895 Å². The number of hydrogen-bond donors (Lipinski definition) is 1. The minimum absolute atomic E-state index is 0.120. The fourth-order valence-electron chi connectivity index (χ4n) is 15.9. The molecule has 31 heteroatoms. The summed E-state index contributed by atoms with van der Waals surface area (Å²) in [5.74, 6) is -3.41. The van der Waals surface area contributed by atoms with E-state index in [4.69, 9.17) is 22.2 Å². The highest BCUT2D eigenvalue weighted by Crippen LogP contribution is 2.46. The average Bonchev–Trinajstić information content (AvgIpc) is 1.59. The molecule has 0 saturated heterocycles. The standard InChI is InChI=1S/C16H16N2.C15H15N3O.C15H15N3.C13H13N3S.C12H11F5N2.C11H11F3N2.C11H14N2S.C10H12N2S.8C2H6/c1-12(2)18-15-11-7-6-10-14(15)17-16(18)13-8-4-3-5-9-13;1-11(2)18-13-8-4-3-7-12(13)16-15(18)14-9-5-6-10-17(14)19;1-11(2)18-14-9-4-3-7-12(14)17-15(18)13-8-5-6-10-16-13;1-9(2)16-11-6-4-3-5-10(11)15-12(16)13-14-7-8-17-13;1-7(2)19-9-6-4-3-5-8(9)18-10(19)11(13,14)12(15,16)17;1-7(2)16-9-6-4-3-5-8(9)15-10(16)11(12,13)14;1-8(2)13-10-7-5-4-6-9(10)12-11(13)14-3;1-7(2)12-9-6-4-3-5-8(9)11-10(12)13;8*1-2/h3-12H,1-2H3;3-11H,1-2H3;3-11H,1-2H3;3-9H,1-2H3;3-7H,1-2H3;3-7H,1-2H3;4-8H,1-3H3;3-7H,1-2H3,(H,11,13);8*1-2H3. The molecule has 1 N–H and O–H groups in total. The van der Waals surface area contributed by atoms with Gasteiger partial charge in [-0.05, 0) is 245 Å². The van der Waals surface area contributed by atoms with Crippen LogP contribution in [0.2, 0.25) is 0 Å². The highest BCUT2D eigenvalue weighted by molar-refractivity contribution is 7.98. The second-order valence-electron chi connectivity index (χ2n) is 33.7. The normalized spacial score (nSPS) is 10.9. The van der Waals surface area contributed by atoms with Crippen molar-refractivity contribution >= 4 is 124 Å². The average molecular weight is 2120 g/mol. The Balaban J connectivity index is 0.000000296. The lowest BCUT2D eigenvalue weighted by Crippen LogP contribution is -2.36. The zero-order chi connectivity index (χ0) is 112. The van der Waals surface area contributed by atoms with Crippen molar-refractivity contribution in [2.75, 3.05) is 6.26 Å². The highest BCUT2D eigenvalue weighted by atomic mass is 32.2. The van der Waals surface area contributed by atoms with Crippen LogP contribution in [-0.2, 0) is 12.1 Å². The van der Waals surface area contributed by atoms with Crippen LogP contribution in [-0.4, -0.2) is 98.8 Å². The fraction of sp³-hybridized carbons (Fsp3) is 0.370. The first-order valence-electron chi connectivity index (χ1n) is 52.1. The monoisotopic (exact) mass is 2110 g/mol. The first kappa shape index (κ1) is 127. The number of para-hydroxylation sites is 16. The molecular weight excluding hydrogens is 1960 g/mol. The summed E-state index contributed by atoms with van der Waals surface area (Å²) in [4.78, 5) is 42.4. The van der Waals surface area contributed by atoms with E-state index in [1.165, 1.54) is 70.4 Å². The number of imidazole rings is 8. The van der Waals surface area contributed by atoms with Gasteiger partial charge in [0, 0.05) is 83.8 Å². The molecule has 0 spiro atoms. The Bertz CT molecular complexity index is 7240. The first-order chi connectivity index (χ1) is 72.0. The summed E-state index contributed by atoms with van der Waals surface area (Å²) >= 11 is 8.57. The van der Waals surface area contributed by atoms with Crippen LogP contribution in [0.25, 0.3) is 134 Å². The molecule has 0 aliphatic heterocycles. The van der Waals surface area contributed by atoms with E-state index in [2.05, 4.69) is 242 Å². The number of hydrogen-bond acceptors (Lipinski definition) is 13. The molecule has 0 atom stereocenters. The van der Waals surface area contributed by atoms with Crippen LogP contribution in [0.5, 0.6) is 0 Å². The zero-order valence-electron chi connectivity index (χ0n) is 93.5. The van der Waals surface area contributed by atoms with Gasteiger partial charge in [-0.25, -0.2) is 39.9 Å². The Kier molecular flexibility index (Phi) is 52.6. The number of aromatic nitrogens is 19. The molecule has 0 fully saturated rings. The Morgan fingerprint density at radius 1 is 0.313 bits per heavy atom. The molecule has 11 aromatic heterocycles. The largest absolute Gasteiger partial charge is 0.618 e. The number of pyridine rings is 2. The van der Waals surface area contributed by atoms with Crippen LogP contribution in [0.15, 0.2) is 290 Å². The quantitative estimate of drug-likeness (QED) is 0.0356. The van der Waals surface area contributed by atoms with Gasteiger partial charge < -0.3 is 46.7 Å². The van der Waals surface area contributed by atoms with Gasteiger partial charge in [-0.1, -0.05) is 256 Å². The molecule has 20 rings (SSSR count). The van der Waals surface area contributed by atoms with Crippen LogP contribution < -0.4 is 4.73 Å². The Morgan fingerprint density at radius 2 is 0.627 bits per heavy atom. The molecule has 0 aliphatic rings. The van der Waals surface area contributed by atoms with Crippen molar-refractivity contribution in [3.63, 3.8) is 0 Å². The van der Waals surface area contributed by atoms with E-state index in [0.29, 0.717) is 52.8 Å².